The molecule has 12 heteroatoms. The molecule has 0 spiro atoms. The molecule has 2 fully saturated rings. The van der Waals surface area contributed by atoms with Crippen LogP contribution in [0.25, 0.3) is 0 Å². The van der Waals surface area contributed by atoms with Crippen LogP contribution in [-0.2, 0) is 43.3 Å². The molecule has 2 aliphatic heterocycles. The van der Waals surface area contributed by atoms with Gasteiger partial charge in [0.05, 0.1) is 15.7 Å². The number of carbonyl (C=O) groups is 3. The quantitative estimate of drug-likeness (QED) is 0.327. The smallest absolute Gasteiger partial charge is 0.311 e. The summed E-state index contributed by atoms with van der Waals surface area (Å²) in [5.41, 5.74) is -0.811. The van der Waals surface area contributed by atoms with Gasteiger partial charge in [0.1, 0.15) is 12.2 Å². The first-order chi connectivity index (χ1) is 20.4. The maximum absolute atomic E-state index is 14.0. The Hall–Kier alpha value is -3.16. The third-order valence-electron chi connectivity index (χ3n) is 7.35. The summed E-state index contributed by atoms with van der Waals surface area (Å²) in [6.45, 7) is 11.5. The summed E-state index contributed by atoms with van der Waals surface area (Å²) in [5, 5.41) is 0. The number of rotatable bonds is 7. The summed E-state index contributed by atoms with van der Waals surface area (Å²) in [5.74, 6) is -1.86. The number of hydrogen-bond donors (Lipinski definition) is 0. The van der Waals surface area contributed by atoms with Crippen LogP contribution in [0, 0.1) is 17.8 Å². The number of Topliss-reactive ketones (excluding diaryl/α,β-unsaturated/α-hetero) is 1. The van der Waals surface area contributed by atoms with Gasteiger partial charge < -0.3 is 23.7 Å². The lowest BCUT2D eigenvalue weighted by atomic mass is 9.93. The number of esters is 2. The highest BCUT2D eigenvalue weighted by Gasteiger charge is 2.58. The largest absolute Gasteiger partial charge is 0.455 e. The molecule has 0 aromatic heterocycles. The van der Waals surface area contributed by atoms with Gasteiger partial charge in [0.15, 0.2) is 24.7 Å². The molecule has 1 unspecified atom stereocenters. The number of carbonyl (C=O) groups excluding carboxylic acids is 3. The van der Waals surface area contributed by atoms with Crippen LogP contribution in [0.5, 0.6) is 0 Å². The Bertz CT molecular complexity index is 1460. The molecule has 0 radical (unpaired) electrons. The summed E-state index contributed by atoms with van der Waals surface area (Å²) >= 11 is 0. The molecule has 6 atom stereocenters. The van der Waals surface area contributed by atoms with E-state index in [1.807, 2.05) is 6.92 Å². The van der Waals surface area contributed by atoms with Crippen molar-refractivity contribution in [3.63, 3.8) is 0 Å². The van der Waals surface area contributed by atoms with Crippen molar-refractivity contribution in [2.24, 2.45) is 10.8 Å². The SMILES string of the molecule is CO[C@H]1O[C@@H]2CN(S(=O)(=O)c3ccc(C)cc3)C(C(=O)c3ccccc3)O[C@H]2[C@@H](OC(=O)C(C)(C)C)[C@H]1OC(=O)C(C)(C)C. The number of sulfonamides is 1. The Morgan fingerprint density at radius 2 is 1.36 bits per heavy atom. The van der Waals surface area contributed by atoms with E-state index in [-0.39, 0.29) is 17.0 Å². The molecule has 0 aliphatic carbocycles. The highest BCUT2D eigenvalue weighted by molar-refractivity contribution is 7.89. The Balaban J connectivity index is 1.81. The van der Waals surface area contributed by atoms with Crippen molar-refractivity contribution >= 4 is 27.7 Å². The van der Waals surface area contributed by atoms with Gasteiger partial charge >= 0.3 is 11.9 Å². The lowest BCUT2D eigenvalue weighted by molar-refractivity contribution is -0.324. The van der Waals surface area contributed by atoms with Crippen molar-refractivity contribution < 1.29 is 46.5 Å². The van der Waals surface area contributed by atoms with Gasteiger partial charge in [0.2, 0.25) is 15.8 Å². The first-order valence-corrected chi connectivity index (χ1v) is 15.8. The fourth-order valence-electron chi connectivity index (χ4n) is 4.74. The number of nitrogens with zero attached hydrogens (tertiary/aromatic N) is 1. The van der Waals surface area contributed by atoms with E-state index in [1.165, 1.54) is 19.2 Å². The van der Waals surface area contributed by atoms with E-state index in [9.17, 15) is 22.8 Å². The molecule has 2 aliphatic rings. The van der Waals surface area contributed by atoms with E-state index in [0.717, 1.165) is 9.87 Å². The maximum atomic E-state index is 14.0. The van der Waals surface area contributed by atoms with Gasteiger partial charge in [0, 0.05) is 19.2 Å². The Kier molecular flexibility index (Phi) is 9.72. The molecule has 240 valence electrons. The van der Waals surface area contributed by atoms with Crippen LogP contribution in [0.15, 0.2) is 59.5 Å². The zero-order valence-corrected chi connectivity index (χ0v) is 27.1. The Morgan fingerprint density at radius 3 is 1.89 bits per heavy atom. The highest BCUT2D eigenvalue weighted by Crippen LogP contribution is 2.38. The fraction of sp³-hybridized carbons (Fsp3) is 0.531. The number of fused-ring (bicyclic) bond motifs is 1. The molecule has 0 bridgehead atoms. The molecule has 44 heavy (non-hydrogen) atoms. The zero-order valence-electron chi connectivity index (χ0n) is 26.3. The first-order valence-electron chi connectivity index (χ1n) is 14.4. The summed E-state index contributed by atoms with van der Waals surface area (Å²) < 4.78 is 58.8. The van der Waals surface area contributed by atoms with Crippen LogP contribution in [0.4, 0.5) is 0 Å². The number of aryl methyl sites for hydroxylation is 1. The molecule has 11 nitrogen and oxygen atoms in total. The van der Waals surface area contributed by atoms with Crippen LogP contribution in [0.3, 0.4) is 0 Å². The van der Waals surface area contributed by atoms with E-state index >= 15 is 0 Å². The first kappa shape index (κ1) is 33.7. The summed E-state index contributed by atoms with van der Waals surface area (Å²) in [7, 11) is -2.97. The third-order valence-corrected chi connectivity index (χ3v) is 9.18. The van der Waals surface area contributed by atoms with E-state index in [1.54, 1.807) is 84.0 Å². The molecular formula is C32H41NO10S. The van der Waals surface area contributed by atoms with Crippen molar-refractivity contribution in [1.29, 1.82) is 0 Å². The van der Waals surface area contributed by atoms with E-state index in [4.69, 9.17) is 23.7 Å². The number of hydrogen-bond acceptors (Lipinski definition) is 10. The van der Waals surface area contributed by atoms with Crippen molar-refractivity contribution in [3.8, 4) is 0 Å². The van der Waals surface area contributed by atoms with Gasteiger partial charge in [-0.2, -0.15) is 4.31 Å². The summed E-state index contributed by atoms with van der Waals surface area (Å²) in [4.78, 5) is 40.2. The van der Waals surface area contributed by atoms with Gasteiger partial charge in [-0.05, 0) is 60.6 Å². The predicted octanol–water partition coefficient (Wildman–Crippen LogP) is 3.88. The second kappa shape index (κ2) is 12.7. The second-order valence-electron chi connectivity index (χ2n) is 13.1. The van der Waals surface area contributed by atoms with E-state index in [0.29, 0.717) is 0 Å². The monoisotopic (exact) mass is 631 g/mol. The standard InChI is InChI=1S/C32H41NO10S/c1-19-14-16-21(17-15-19)44(37,38)33-18-22-24(41-27(33)23(34)20-12-10-9-11-13-20)25(42-29(35)31(2,3)4)26(28(39-8)40-22)43-30(36)32(5,6)7/h9-17,22,24-28H,18H2,1-8H3/t22-,24-,25-,26-,27?,28+/m1/s1. The van der Waals surface area contributed by atoms with Gasteiger partial charge in [-0.25, -0.2) is 8.42 Å². The van der Waals surface area contributed by atoms with Gasteiger partial charge in [-0.3, -0.25) is 14.4 Å². The third kappa shape index (κ3) is 7.05. The second-order valence-corrected chi connectivity index (χ2v) is 15.0. The molecule has 0 N–H and O–H groups in total. The molecule has 2 heterocycles. The van der Waals surface area contributed by atoms with Gasteiger partial charge in [-0.1, -0.05) is 48.0 Å². The number of ether oxygens (including phenoxy) is 5. The van der Waals surface area contributed by atoms with Crippen LogP contribution in [-0.4, -0.2) is 81.0 Å². The van der Waals surface area contributed by atoms with Crippen molar-refractivity contribution in [3.05, 3.63) is 65.7 Å². The van der Waals surface area contributed by atoms with Crippen LogP contribution in [0.1, 0.15) is 57.5 Å². The molecule has 2 aromatic rings. The number of benzene rings is 2. The van der Waals surface area contributed by atoms with Crippen molar-refractivity contribution in [2.45, 2.75) is 90.3 Å². The van der Waals surface area contributed by atoms with Crippen molar-refractivity contribution in [1.82, 2.24) is 4.31 Å². The molecule has 4 rings (SSSR count). The van der Waals surface area contributed by atoms with Crippen LogP contribution >= 0.6 is 0 Å². The average Bonchev–Trinajstić information content (AvgIpc) is 2.96. The maximum Gasteiger partial charge on any atom is 0.311 e. The van der Waals surface area contributed by atoms with E-state index < -0.39 is 75.5 Å². The van der Waals surface area contributed by atoms with Crippen LogP contribution < -0.4 is 0 Å². The zero-order chi connectivity index (χ0) is 32.6. The normalized spacial score (nSPS) is 26.4. The van der Waals surface area contributed by atoms with Gasteiger partial charge in [0.25, 0.3) is 0 Å². The van der Waals surface area contributed by atoms with E-state index in [2.05, 4.69) is 0 Å². The summed E-state index contributed by atoms with van der Waals surface area (Å²) in [6.07, 6.45) is -7.74. The van der Waals surface area contributed by atoms with Crippen LogP contribution in [0.2, 0.25) is 0 Å². The highest BCUT2D eigenvalue weighted by atomic mass is 32.2. The minimum absolute atomic E-state index is 0.0391. The minimum Gasteiger partial charge on any atom is -0.455 e. The molecule has 2 aromatic carbocycles. The van der Waals surface area contributed by atoms with Crippen molar-refractivity contribution in [2.75, 3.05) is 13.7 Å². The lowest BCUT2D eigenvalue weighted by Gasteiger charge is -2.50. The molecule has 0 saturated carbocycles. The Morgan fingerprint density at radius 1 is 0.818 bits per heavy atom. The fourth-order valence-corrected chi connectivity index (χ4v) is 6.23. The van der Waals surface area contributed by atoms with Gasteiger partial charge in [-0.15, -0.1) is 0 Å². The topological polar surface area (TPSA) is 135 Å². The molecule has 2 saturated heterocycles. The molecular weight excluding hydrogens is 590 g/mol. The average molecular weight is 632 g/mol. The lowest BCUT2D eigenvalue weighted by Crippen LogP contribution is -2.69. The predicted molar refractivity (Wildman–Crippen MR) is 159 cm³/mol. The Labute approximate surface area is 258 Å². The number of methoxy groups -OCH3 is 1. The molecule has 0 amide bonds. The number of ketones is 1. The minimum atomic E-state index is -4.30. The summed E-state index contributed by atoms with van der Waals surface area (Å²) in [6, 6.07) is 14.4.